The highest BCUT2D eigenvalue weighted by atomic mass is 16.5. The van der Waals surface area contributed by atoms with Crippen LogP contribution in [-0.4, -0.2) is 75.2 Å². The number of para-hydroxylation sites is 1. The molecule has 7 nitrogen and oxygen atoms in total. The number of esters is 1. The average Bonchev–Trinajstić information content (AvgIpc) is 3.43. The van der Waals surface area contributed by atoms with Crippen molar-refractivity contribution < 1.29 is 14.3 Å². The minimum Gasteiger partial charge on any atom is -0.496 e. The summed E-state index contributed by atoms with van der Waals surface area (Å²) in [5.41, 5.74) is 1.18. The van der Waals surface area contributed by atoms with E-state index >= 15 is 0 Å². The topological polar surface area (TPSA) is 66.4 Å². The van der Waals surface area contributed by atoms with Crippen LogP contribution in [-0.2, 0) is 9.53 Å². The third kappa shape index (κ3) is 5.06. The molecule has 2 aliphatic heterocycles. The van der Waals surface area contributed by atoms with Crippen LogP contribution < -0.4 is 10.1 Å². The summed E-state index contributed by atoms with van der Waals surface area (Å²) in [6.45, 7) is 9.22. The van der Waals surface area contributed by atoms with E-state index in [4.69, 9.17) is 14.5 Å². The zero-order chi connectivity index (χ0) is 21.5. The number of benzene rings is 1. The minimum absolute atomic E-state index is 0.109. The van der Waals surface area contributed by atoms with Gasteiger partial charge in [0.15, 0.2) is 5.96 Å². The maximum atomic E-state index is 12.1. The highest BCUT2D eigenvalue weighted by Gasteiger charge is 2.37. The lowest BCUT2D eigenvalue weighted by molar-refractivity contribution is -0.145. The molecule has 7 heteroatoms. The lowest BCUT2D eigenvalue weighted by Crippen LogP contribution is -2.41. The molecule has 0 amide bonds. The number of nitrogens with zero attached hydrogens (tertiary/aromatic N) is 3. The number of rotatable bonds is 7. The molecule has 0 spiro atoms. The fourth-order valence-corrected chi connectivity index (χ4v) is 4.60. The second-order valence-electron chi connectivity index (χ2n) is 8.21. The molecular weight excluding hydrogens is 380 g/mol. The first-order chi connectivity index (χ1) is 14.6. The van der Waals surface area contributed by atoms with Crippen LogP contribution in [0.2, 0.25) is 0 Å². The Kier molecular flexibility index (Phi) is 7.96. The first-order valence-electron chi connectivity index (χ1n) is 11.1. The summed E-state index contributed by atoms with van der Waals surface area (Å²) >= 11 is 0. The summed E-state index contributed by atoms with van der Waals surface area (Å²) in [6, 6.07) is 8.42. The number of ether oxygens (including phenoxy) is 2. The van der Waals surface area contributed by atoms with Gasteiger partial charge in [0.25, 0.3) is 0 Å². The average molecular weight is 417 g/mol. The number of guanidine groups is 1. The van der Waals surface area contributed by atoms with Gasteiger partial charge in [-0.2, -0.15) is 0 Å². The Balaban J connectivity index is 1.82. The standard InChI is InChI=1S/C23H36N4O3/c1-5-24-23(27-15-17(2)19(16-27)22(28)30-4)25-14-20(26-12-8-9-13-26)18-10-6-7-11-21(18)29-3/h6-7,10-11,17,19-20H,5,8-9,12-16H2,1-4H3,(H,24,25). The molecule has 166 valence electrons. The maximum absolute atomic E-state index is 12.1. The molecule has 2 saturated heterocycles. The van der Waals surface area contributed by atoms with Gasteiger partial charge in [0.05, 0.1) is 32.7 Å². The monoisotopic (exact) mass is 416 g/mol. The van der Waals surface area contributed by atoms with E-state index in [-0.39, 0.29) is 23.8 Å². The predicted molar refractivity (Wildman–Crippen MR) is 119 cm³/mol. The fourth-order valence-electron chi connectivity index (χ4n) is 4.60. The third-order valence-electron chi connectivity index (χ3n) is 6.24. The van der Waals surface area contributed by atoms with Crippen LogP contribution >= 0.6 is 0 Å². The van der Waals surface area contributed by atoms with E-state index in [9.17, 15) is 4.79 Å². The van der Waals surface area contributed by atoms with Crippen molar-refractivity contribution >= 4 is 11.9 Å². The molecule has 1 aromatic carbocycles. The number of aliphatic imine (C=N–C) groups is 1. The molecule has 3 rings (SSSR count). The molecule has 0 radical (unpaired) electrons. The summed E-state index contributed by atoms with van der Waals surface area (Å²) in [4.78, 5) is 21.8. The molecule has 1 N–H and O–H groups in total. The Bertz CT molecular complexity index is 733. The van der Waals surface area contributed by atoms with Crippen molar-refractivity contribution in [2.75, 3.05) is 53.5 Å². The van der Waals surface area contributed by atoms with Gasteiger partial charge in [0, 0.05) is 25.2 Å². The van der Waals surface area contributed by atoms with Crippen LogP contribution in [0.5, 0.6) is 5.75 Å². The second kappa shape index (κ2) is 10.7. The van der Waals surface area contributed by atoms with Gasteiger partial charge in [0.2, 0.25) is 0 Å². The minimum atomic E-state index is -0.134. The normalized spacial score (nSPS) is 23.5. The zero-order valence-corrected chi connectivity index (χ0v) is 18.8. The van der Waals surface area contributed by atoms with Crippen molar-refractivity contribution in [3.63, 3.8) is 0 Å². The van der Waals surface area contributed by atoms with Crippen LogP contribution in [0, 0.1) is 11.8 Å². The van der Waals surface area contributed by atoms with Gasteiger partial charge in [-0.05, 0) is 44.8 Å². The lowest BCUT2D eigenvalue weighted by atomic mass is 9.99. The summed E-state index contributed by atoms with van der Waals surface area (Å²) in [5, 5.41) is 3.42. The van der Waals surface area contributed by atoms with Crippen LogP contribution in [0.4, 0.5) is 0 Å². The number of methoxy groups -OCH3 is 2. The van der Waals surface area contributed by atoms with Gasteiger partial charge >= 0.3 is 5.97 Å². The quantitative estimate of drug-likeness (QED) is 0.419. The molecule has 3 atom stereocenters. The molecule has 1 aromatic rings. The second-order valence-corrected chi connectivity index (χ2v) is 8.21. The van der Waals surface area contributed by atoms with E-state index in [0.29, 0.717) is 13.1 Å². The predicted octanol–water partition coefficient (Wildman–Crippen LogP) is 2.54. The first kappa shape index (κ1) is 22.4. The number of nitrogens with one attached hydrogen (secondary N) is 1. The Morgan fingerprint density at radius 1 is 1.23 bits per heavy atom. The highest BCUT2D eigenvalue weighted by molar-refractivity contribution is 5.82. The SMILES string of the molecule is CCNC(=NCC(c1ccccc1OC)N1CCCC1)N1CC(C)C(C(=O)OC)C1. The van der Waals surface area contributed by atoms with Crippen molar-refractivity contribution in [2.45, 2.75) is 32.7 Å². The van der Waals surface area contributed by atoms with E-state index in [2.05, 4.69) is 41.1 Å². The van der Waals surface area contributed by atoms with Gasteiger partial charge in [-0.25, -0.2) is 0 Å². The summed E-state index contributed by atoms with van der Waals surface area (Å²) in [7, 11) is 3.19. The van der Waals surface area contributed by atoms with Crippen LogP contribution in [0.15, 0.2) is 29.3 Å². The number of hydrogen-bond acceptors (Lipinski definition) is 5. The van der Waals surface area contributed by atoms with Crippen LogP contribution in [0.3, 0.4) is 0 Å². The molecule has 2 heterocycles. The molecule has 0 saturated carbocycles. The van der Waals surface area contributed by atoms with E-state index < -0.39 is 0 Å². The molecule has 3 unspecified atom stereocenters. The molecule has 2 aliphatic rings. The van der Waals surface area contributed by atoms with Crippen LogP contribution in [0.1, 0.15) is 38.3 Å². The van der Waals surface area contributed by atoms with E-state index in [1.54, 1.807) is 7.11 Å². The Morgan fingerprint density at radius 3 is 2.63 bits per heavy atom. The van der Waals surface area contributed by atoms with Crippen LogP contribution in [0.25, 0.3) is 0 Å². The molecule has 0 aliphatic carbocycles. The summed E-state index contributed by atoms with van der Waals surface area (Å²) < 4.78 is 10.6. The zero-order valence-electron chi connectivity index (χ0n) is 18.8. The smallest absolute Gasteiger partial charge is 0.310 e. The van der Waals surface area contributed by atoms with Crippen molar-refractivity contribution in [1.82, 2.24) is 15.1 Å². The molecule has 0 aromatic heterocycles. The number of likely N-dealkylation sites (tertiary alicyclic amines) is 2. The fraction of sp³-hybridized carbons (Fsp3) is 0.652. The lowest BCUT2D eigenvalue weighted by Gasteiger charge is -2.29. The highest BCUT2D eigenvalue weighted by Crippen LogP contribution is 2.32. The number of hydrogen-bond donors (Lipinski definition) is 1. The van der Waals surface area contributed by atoms with Gasteiger partial charge in [-0.3, -0.25) is 14.7 Å². The third-order valence-corrected chi connectivity index (χ3v) is 6.24. The largest absolute Gasteiger partial charge is 0.496 e. The molecule has 30 heavy (non-hydrogen) atoms. The first-order valence-corrected chi connectivity index (χ1v) is 11.1. The summed E-state index contributed by atoms with van der Waals surface area (Å²) in [6.07, 6.45) is 2.44. The van der Waals surface area contributed by atoms with Crippen molar-refractivity contribution in [3.8, 4) is 5.75 Å². The Hall–Kier alpha value is -2.28. The van der Waals surface area contributed by atoms with Gasteiger partial charge in [-0.1, -0.05) is 25.1 Å². The van der Waals surface area contributed by atoms with Gasteiger partial charge in [0.1, 0.15) is 5.75 Å². The van der Waals surface area contributed by atoms with Crippen molar-refractivity contribution in [2.24, 2.45) is 16.8 Å². The van der Waals surface area contributed by atoms with Crippen molar-refractivity contribution in [3.05, 3.63) is 29.8 Å². The van der Waals surface area contributed by atoms with Gasteiger partial charge < -0.3 is 19.7 Å². The molecule has 2 fully saturated rings. The van der Waals surface area contributed by atoms with E-state index in [1.165, 1.54) is 25.5 Å². The molecular formula is C23H36N4O3. The Labute approximate surface area is 180 Å². The van der Waals surface area contributed by atoms with E-state index in [1.807, 2.05) is 12.1 Å². The van der Waals surface area contributed by atoms with E-state index in [0.717, 1.165) is 37.9 Å². The molecule has 0 bridgehead atoms. The number of carbonyl (C=O) groups excluding carboxylic acids is 1. The van der Waals surface area contributed by atoms with Gasteiger partial charge in [-0.15, -0.1) is 0 Å². The maximum Gasteiger partial charge on any atom is 0.310 e. The Morgan fingerprint density at radius 2 is 1.97 bits per heavy atom. The number of carbonyl (C=O) groups is 1. The van der Waals surface area contributed by atoms with Crippen molar-refractivity contribution in [1.29, 1.82) is 0 Å². The summed E-state index contributed by atoms with van der Waals surface area (Å²) in [5.74, 6) is 1.78.